The summed E-state index contributed by atoms with van der Waals surface area (Å²) in [5.74, 6) is 0.179. The van der Waals surface area contributed by atoms with E-state index in [1.54, 1.807) is 38.2 Å². The van der Waals surface area contributed by atoms with E-state index >= 15 is 0 Å². The van der Waals surface area contributed by atoms with Crippen LogP contribution in [0, 0.1) is 30.9 Å². The molecule has 1 aliphatic rings. The highest BCUT2D eigenvalue weighted by Crippen LogP contribution is 2.34. The number of nitrogens with one attached hydrogen (secondary N) is 1. The Morgan fingerprint density at radius 2 is 2.09 bits per heavy atom. The number of hydrogen-bond donors (Lipinski definition) is 1. The maximum Gasteiger partial charge on any atom is 0.312 e. The largest absolute Gasteiger partial charge is 0.454 e. The molecule has 0 spiro atoms. The van der Waals surface area contributed by atoms with Crippen LogP contribution in [0.5, 0.6) is 0 Å². The summed E-state index contributed by atoms with van der Waals surface area (Å²) < 4.78 is 8.25. The topological polar surface area (TPSA) is 138 Å². The van der Waals surface area contributed by atoms with Gasteiger partial charge in [-0.05, 0) is 57.7 Å². The quantitative estimate of drug-likeness (QED) is 0.351. The number of aromatic nitrogens is 4. The lowest BCUT2D eigenvalue weighted by Gasteiger charge is -2.10. The third-order valence-electron chi connectivity index (χ3n) is 5.84. The predicted octanol–water partition coefficient (Wildman–Crippen LogP) is 3.00. The molecule has 4 aromatic heterocycles. The highest BCUT2D eigenvalue weighted by atomic mass is 32.1. The van der Waals surface area contributed by atoms with Gasteiger partial charge in [-0.1, -0.05) is 0 Å². The summed E-state index contributed by atoms with van der Waals surface area (Å²) in [7, 11) is 0. The first-order valence-electron chi connectivity index (χ1n) is 10.4. The van der Waals surface area contributed by atoms with E-state index in [9.17, 15) is 19.7 Å². The number of fused-ring (bicyclic) bond motifs is 3. The molecule has 0 radical (unpaired) electrons. The van der Waals surface area contributed by atoms with E-state index in [1.165, 1.54) is 15.6 Å². The number of nitrogens with zero attached hydrogens (tertiary/aromatic N) is 5. The van der Waals surface area contributed by atoms with E-state index in [0.29, 0.717) is 33.2 Å². The molecule has 0 aliphatic heterocycles. The Bertz CT molecular complexity index is 1510. The average Bonchev–Trinajstić information content (AvgIpc) is 3.50. The van der Waals surface area contributed by atoms with Gasteiger partial charge in [0.2, 0.25) is 0 Å². The molecule has 33 heavy (non-hydrogen) atoms. The number of carbonyl (C=O) groups is 1. The van der Waals surface area contributed by atoms with Crippen LogP contribution in [0.4, 0.5) is 5.69 Å². The highest BCUT2D eigenvalue weighted by molar-refractivity contribution is 7.18. The molecule has 170 valence electrons. The lowest BCUT2D eigenvalue weighted by atomic mass is 10.2. The maximum atomic E-state index is 13.1. The van der Waals surface area contributed by atoms with Gasteiger partial charge >= 0.3 is 11.6 Å². The Morgan fingerprint density at radius 3 is 2.82 bits per heavy atom. The third kappa shape index (κ3) is 3.42. The fraction of sp³-hybridized carbons (Fsp3) is 0.333. The van der Waals surface area contributed by atoms with Crippen LogP contribution in [-0.4, -0.2) is 30.3 Å². The first-order valence-corrected chi connectivity index (χ1v) is 11.2. The molecule has 0 fully saturated rings. The molecule has 1 amide bonds. The van der Waals surface area contributed by atoms with Crippen LogP contribution in [-0.2, 0) is 19.4 Å². The maximum absolute atomic E-state index is 13.1. The smallest absolute Gasteiger partial charge is 0.312 e. The summed E-state index contributed by atoms with van der Waals surface area (Å²) in [5, 5.41) is 16.0. The molecule has 1 N–H and O–H groups in total. The second-order valence-corrected chi connectivity index (χ2v) is 9.06. The normalized spacial score (nSPS) is 12.9. The molecule has 1 aliphatic carbocycles. The minimum absolute atomic E-state index is 0.00275. The number of carbonyl (C=O) groups excluding carboxylic acids is 1. The molecule has 11 nitrogen and oxygen atoms in total. The number of hydrogen-bond acceptors (Lipinski definition) is 8. The zero-order chi connectivity index (χ0) is 23.4. The summed E-state index contributed by atoms with van der Waals surface area (Å²) in [6, 6.07) is 3.08. The van der Waals surface area contributed by atoms with Crippen molar-refractivity contribution in [2.45, 2.75) is 46.6 Å². The molecule has 0 unspecified atom stereocenters. The van der Waals surface area contributed by atoms with Gasteiger partial charge in [0.15, 0.2) is 5.76 Å². The lowest BCUT2D eigenvalue weighted by molar-refractivity contribution is -0.386. The van der Waals surface area contributed by atoms with Gasteiger partial charge < -0.3 is 4.42 Å². The Balaban J connectivity index is 1.40. The van der Waals surface area contributed by atoms with Crippen LogP contribution < -0.4 is 11.0 Å². The second kappa shape index (κ2) is 7.66. The Kier molecular flexibility index (Phi) is 4.89. The fourth-order valence-electron chi connectivity index (χ4n) is 4.27. The van der Waals surface area contributed by atoms with Gasteiger partial charge in [0.25, 0.3) is 5.56 Å². The minimum atomic E-state index is -0.598. The van der Waals surface area contributed by atoms with E-state index in [4.69, 9.17) is 4.42 Å². The molecule has 0 saturated carbocycles. The average molecular weight is 468 g/mol. The highest BCUT2D eigenvalue weighted by Gasteiger charge is 2.25. The van der Waals surface area contributed by atoms with E-state index < -0.39 is 10.8 Å². The van der Waals surface area contributed by atoms with Crippen LogP contribution in [0.1, 0.15) is 50.4 Å². The summed E-state index contributed by atoms with van der Waals surface area (Å²) in [4.78, 5) is 43.1. The molecule has 0 atom stereocenters. The Labute approximate surface area is 190 Å². The van der Waals surface area contributed by atoms with E-state index in [0.717, 1.165) is 29.5 Å². The zero-order valence-electron chi connectivity index (χ0n) is 18.2. The van der Waals surface area contributed by atoms with Crippen molar-refractivity contribution in [3.63, 3.8) is 0 Å². The van der Waals surface area contributed by atoms with Crippen LogP contribution in [0.3, 0.4) is 0 Å². The molecular weight excluding hydrogens is 448 g/mol. The molecule has 4 heterocycles. The van der Waals surface area contributed by atoms with E-state index in [1.807, 2.05) is 0 Å². The summed E-state index contributed by atoms with van der Waals surface area (Å²) >= 11 is 1.54. The van der Waals surface area contributed by atoms with Crippen molar-refractivity contribution < 1.29 is 14.1 Å². The van der Waals surface area contributed by atoms with Gasteiger partial charge in [-0.15, -0.1) is 11.3 Å². The second-order valence-electron chi connectivity index (χ2n) is 7.98. The molecule has 4 aromatic rings. The monoisotopic (exact) mass is 468 g/mol. The molecule has 5 rings (SSSR count). The SMILES string of the molecule is Cc1nn(Cc2ccc(C(=O)Nn3c(C)nc4sc5c(c4c3=O)CCC5)o2)c(C)c1[N+](=O)[O-]. The van der Waals surface area contributed by atoms with Gasteiger partial charge in [0, 0.05) is 4.88 Å². The number of amides is 1. The molecule has 0 aromatic carbocycles. The zero-order valence-corrected chi connectivity index (χ0v) is 19.0. The van der Waals surface area contributed by atoms with Gasteiger partial charge in [-0.3, -0.25) is 29.8 Å². The van der Waals surface area contributed by atoms with Crippen molar-refractivity contribution in [2.75, 3.05) is 5.43 Å². The van der Waals surface area contributed by atoms with Crippen molar-refractivity contribution in [3.05, 3.63) is 71.8 Å². The van der Waals surface area contributed by atoms with Gasteiger partial charge in [-0.25, -0.2) is 9.66 Å². The predicted molar refractivity (Wildman–Crippen MR) is 120 cm³/mol. The molecule has 0 saturated heterocycles. The van der Waals surface area contributed by atoms with E-state index in [-0.39, 0.29) is 23.6 Å². The Hall–Kier alpha value is -3.80. The van der Waals surface area contributed by atoms with Crippen LogP contribution >= 0.6 is 11.3 Å². The van der Waals surface area contributed by atoms with Crippen molar-refractivity contribution in [1.29, 1.82) is 0 Å². The fourth-order valence-corrected chi connectivity index (χ4v) is 5.57. The van der Waals surface area contributed by atoms with Gasteiger partial charge in [0.1, 0.15) is 27.8 Å². The van der Waals surface area contributed by atoms with E-state index in [2.05, 4.69) is 15.5 Å². The summed E-state index contributed by atoms with van der Waals surface area (Å²) in [6.07, 6.45) is 2.81. The number of aryl methyl sites for hydroxylation is 4. The molecular formula is C21H20N6O5S. The standard InChI is InChI=1S/C21H20N6O5S/c1-10-18(27(30)31)11(2)25(23-10)9-13-7-8-15(32-13)19(28)24-26-12(3)22-20-17(21(26)29)14-5-4-6-16(14)33-20/h7-8H,4-6,9H2,1-3H3,(H,24,28). The van der Waals surface area contributed by atoms with Crippen molar-refractivity contribution in [3.8, 4) is 0 Å². The van der Waals surface area contributed by atoms with Gasteiger partial charge in [-0.2, -0.15) is 5.10 Å². The van der Waals surface area contributed by atoms with Crippen LogP contribution in [0.2, 0.25) is 0 Å². The van der Waals surface area contributed by atoms with Crippen LogP contribution in [0.25, 0.3) is 10.2 Å². The lowest BCUT2D eigenvalue weighted by Crippen LogP contribution is -2.35. The van der Waals surface area contributed by atoms with Gasteiger partial charge in [0.05, 0.1) is 16.9 Å². The minimum Gasteiger partial charge on any atom is -0.454 e. The number of rotatable bonds is 5. The number of nitro groups is 1. The first-order chi connectivity index (χ1) is 15.7. The Morgan fingerprint density at radius 1 is 1.30 bits per heavy atom. The molecule has 12 heteroatoms. The van der Waals surface area contributed by atoms with Crippen molar-refractivity contribution in [2.24, 2.45) is 0 Å². The van der Waals surface area contributed by atoms with Crippen LogP contribution in [0.15, 0.2) is 21.3 Å². The number of thiophene rings is 1. The summed E-state index contributed by atoms with van der Waals surface area (Å²) in [5.41, 5.74) is 3.98. The molecule has 0 bridgehead atoms. The first kappa shape index (κ1) is 21.1. The van der Waals surface area contributed by atoms with Crippen molar-refractivity contribution in [1.82, 2.24) is 19.4 Å². The number of furan rings is 1. The van der Waals surface area contributed by atoms with Crippen molar-refractivity contribution >= 4 is 33.1 Å². The third-order valence-corrected chi connectivity index (χ3v) is 7.02. The summed E-state index contributed by atoms with van der Waals surface area (Å²) in [6.45, 7) is 4.96.